The third-order valence-electron chi connectivity index (χ3n) is 3.58. The van der Waals surface area contributed by atoms with Crippen LogP contribution in [0.2, 0.25) is 0 Å². The molecule has 0 spiro atoms. The van der Waals surface area contributed by atoms with E-state index in [1.165, 1.54) is 5.56 Å². The zero-order valence-electron chi connectivity index (χ0n) is 10.5. The minimum absolute atomic E-state index is 0.123. The molecule has 0 bridgehead atoms. The van der Waals surface area contributed by atoms with Crippen molar-refractivity contribution in [3.63, 3.8) is 0 Å². The van der Waals surface area contributed by atoms with E-state index in [-0.39, 0.29) is 5.78 Å². The lowest BCUT2D eigenvalue weighted by molar-refractivity contribution is 0.0939. The maximum absolute atomic E-state index is 12.1. The highest BCUT2D eigenvalue weighted by molar-refractivity contribution is 5.97. The van der Waals surface area contributed by atoms with Crippen LogP contribution in [0.25, 0.3) is 11.0 Å². The maximum atomic E-state index is 12.1. The van der Waals surface area contributed by atoms with E-state index < -0.39 is 0 Å². The lowest BCUT2D eigenvalue weighted by Crippen LogP contribution is -2.12. The maximum Gasteiger partial charge on any atom is 0.198 e. The standard InChI is InChI=1S/C15H17NO2/c1-10-2-3-14-12(6-10)8-15(18-14)13(17)7-11-4-5-16-9-11/h2-3,6,8,11,16H,4-5,7,9H2,1H3. The van der Waals surface area contributed by atoms with Crippen LogP contribution in [0.4, 0.5) is 0 Å². The van der Waals surface area contributed by atoms with Gasteiger partial charge in [0.1, 0.15) is 5.58 Å². The molecule has 0 aliphatic carbocycles. The summed E-state index contributed by atoms with van der Waals surface area (Å²) in [6.07, 6.45) is 1.68. The van der Waals surface area contributed by atoms with Crippen LogP contribution < -0.4 is 5.32 Å². The quantitative estimate of drug-likeness (QED) is 0.843. The fourth-order valence-corrected chi connectivity index (χ4v) is 2.55. The Kier molecular flexibility index (Phi) is 2.92. The number of benzene rings is 1. The SMILES string of the molecule is Cc1ccc2oc(C(=O)CC3CCNC3)cc2c1. The average molecular weight is 243 g/mol. The first-order valence-electron chi connectivity index (χ1n) is 6.46. The summed E-state index contributed by atoms with van der Waals surface area (Å²) in [7, 11) is 0. The Bertz CT molecular complexity index is 579. The van der Waals surface area contributed by atoms with E-state index in [9.17, 15) is 4.79 Å². The van der Waals surface area contributed by atoms with Crippen molar-refractivity contribution in [1.82, 2.24) is 5.32 Å². The Balaban J connectivity index is 1.82. The summed E-state index contributed by atoms with van der Waals surface area (Å²) >= 11 is 0. The van der Waals surface area contributed by atoms with Crippen molar-refractivity contribution in [2.75, 3.05) is 13.1 Å². The van der Waals surface area contributed by atoms with Gasteiger partial charge in [0.2, 0.25) is 0 Å². The normalized spacial score (nSPS) is 19.5. The smallest absolute Gasteiger partial charge is 0.198 e. The molecule has 1 unspecified atom stereocenters. The molecular weight excluding hydrogens is 226 g/mol. The van der Waals surface area contributed by atoms with Crippen LogP contribution in [0.5, 0.6) is 0 Å². The minimum Gasteiger partial charge on any atom is -0.453 e. The van der Waals surface area contributed by atoms with Crippen molar-refractivity contribution in [3.05, 3.63) is 35.6 Å². The van der Waals surface area contributed by atoms with Crippen LogP contribution in [-0.2, 0) is 0 Å². The number of aryl methyl sites for hydroxylation is 1. The topological polar surface area (TPSA) is 42.2 Å². The summed E-state index contributed by atoms with van der Waals surface area (Å²) in [4.78, 5) is 12.1. The molecule has 3 rings (SSSR count). The second-order valence-corrected chi connectivity index (χ2v) is 5.14. The zero-order valence-corrected chi connectivity index (χ0v) is 10.5. The van der Waals surface area contributed by atoms with E-state index in [1.807, 2.05) is 31.2 Å². The van der Waals surface area contributed by atoms with Gasteiger partial charge in [-0.1, -0.05) is 11.6 Å². The number of carbonyl (C=O) groups excluding carboxylic acids is 1. The van der Waals surface area contributed by atoms with E-state index in [0.29, 0.717) is 18.1 Å². The first-order valence-corrected chi connectivity index (χ1v) is 6.46. The van der Waals surface area contributed by atoms with Gasteiger partial charge in [0, 0.05) is 11.8 Å². The van der Waals surface area contributed by atoms with E-state index in [4.69, 9.17) is 4.42 Å². The molecule has 0 radical (unpaired) electrons. The summed E-state index contributed by atoms with van der Waals surface area (Å²) in [5.74, 6) is 1.09. The summed E-state index contributed by atoms with van der Waals surface area (Å²) < 4.78 is 5.63. The molecule has 1 N–H and O–H groups in total. The van der Waals surface area contributed by atoms with Crippen LogP contribution >= 0.6 is 0 Å². The van der Waals surface area contributed by atoms with Gasteiger partial charge in [-0.15, -0.1) is 0 Å². The molecule has 0 saturated carbocycles. The first kappa shape index (κ1) is 11.5. The molecule has 1 aromatic carbocycles. The first-order chi connectivity index (χ1) is 8.72. The molecule has 94 valence electrons. The van der Waals surface area contributed by atoms with Gasteiger partial charge in [-0.2, -0.15) is 0 Å². The third-order valence-corrected chi connectivity index (χ3v) is 3.58. The molecule has 1 saturated heterocycles. The van der Waals surface area contributed by atoms with Crippen molar-refractivity contribution in [3.8, 4) is 0 Å². The molecule has 1 fully saturated rings. The lowest BCUT2D eigenvalue weighted by atomic mass is 10.0. The van der Waals surface area contributed by atoms with Gasteiger partial charge in [-0.3, -0.25) is 4.79 Å². The van der Waals surface area contributed by atoms with Gasteiger partial charge in [0.15, 0.2) is 11.5 Å². The second-order valence-electron chi connectivity index (χ2n) is 5.14. The Morgan fingerprint density at radius 2 is 2.33 bits per heavy atom. The molecule has 3 nitrogen and oxygen atoms in total. The molecular formula is C15H17NO2. The molecule has 2 aromatic rings. The lowest BCUT2D eigenvalue weighted by Gasteiger charge is -2.04. The largest absolute Gasteiger partial charge is 0.453 e. The highest BCUT2D eigenvalue weighted by Gasteiger charge is 2.21. The zero-order chi connectivity index (χ0) is 12.5. The number of rotatable bonds is 3. The van der Waals surface area contributed by atoms with E-state index in [0.717, 1.165) is 30.5 Å². The summed E-state index contributed by atoms with van der Waals surface area (Å²) in [6, 6.07) is 7.85. The van der Waals surface area contributed by atoms with Gasteiger partial charge in [0.05, 0.1) is 0 Å². The molecule has 1 atom stereocenters. The predicted molar refractivity (Wildman–Crippen MR) is 70.9 cm³/mol. The fourth-order valence-electron chi connectivity index (χ4n) is 2.55. The molecule has 2 heterocycles. The Labute approximate surface area is 106 Å². The van der Waals surface area contributed by atoms with Crippen molar-refractivity contribution < 1.29 is 9.21 Å². The molecule has 0 amide bonds. The monoisotopic (exact) mass is 243 g/mol. The summed E-state index contributed by atoms with van der Waals surface area (Å²) in [5.41, 5.74) is 1.98. The van der Waals surface area contributed by atoms with Gasteiger partial charge in [0.25, 0.3) is 0 Å². The number of ketones is 1. The highest BCUT2D eigenvalue weighted by Crippen LogP contribution is 2.23. The van der Waals surface area contributed by atoms with E-state index in [2.05, 4.69) is 5.32 Å². The number of fused-ring (bicyclic) bond motifs is 1. The number of hydrogen-bond donors (Lipinski definition) is 1. The molecule has 1 aliphatic rings. The molecule has 1 aliphatic heterocycles. The van der Waals surface area contributed by atoms with Crippen molar-refractivity contribution in [1.29, 1.82) is 0 Å². The van der Waals surface area contributed by atoms with Gasteiger partial charge >= 0.3 is 0 Å². The highest BCUT2D eigenvalue weighted by atomic mass is 16.3. The van der Waals surface area contributed by atoms with Crippen molar-refractivity contribution in [2.24, 2.45) is 5.92 Å². The number of nitrogens with one attached hydrogen (secondary N) is 1. The van der Waals surface area contributed by atoms with Crippen LogP contribution in [0, 0.1) is 12.8 Å². The van der Waals surface area contributed by atoms with Crippen LogP contribution in [0.1, 0.15) is 29.0 Å². The van der Waals surface area contributed by atoms with Crippen molar-refractivity contribution >= 4 is 16.8 Å². The summed E-state index contributed by atoms with van der Waals surface area (Å²) in [6.45, 7) is 4.01. The second kappa shape index (κ2) is 4.58. The number of Topliss-reactive ketones (excluding diaryl/α,β-unsaturated/α-hetero) is 1. The van der Waals surface area contributed by atoms with Crippen LogP contribution in [0.3, 0.4) is 0 Å². The van der Waals surface area contributed by atoms with Gasteiger partial charge < -0.3 is 9.73 Å². The van der Waals surface area contributed by atoms with Crippen LogP contribution in [-0.4, -0.2) is 18.9 Å². The number of furan rings is 1. The van der Waals surface area contributed by atoms with E-state index in [1.54, 1.807) is 0 Å². The fraction of sp³-hybridized carbons (Fsp3) is 0.400. The van der Waals surface area contributed by atoms with E-state index >= 15 is 0 Å². The molecule has 3 heteroatoms. The molecule has 1 aromatic heterocycles. The Morgan fingerprint density at radius 3 is 3.11 bits per heavy atom. The Morgan fingerprint density at radius 1 is 1.44 bits per heavy atom. The van der Waals surface area contributed by atoms with Gasteiger partial charge in [-0.25, -0.2) is 0 Å². The average Bonchev–Trinajstić information content (AvgIpc) is 2.96. The number of carbonyl (C=O) groups is 1. The summed E-state index contributed by atoms with van der Waals surface area (Å²) in [5, 5.41) is 4.30. The third kappa shape index (κ3) is 2.18. The predicted octanol–water partition coefficient (Wildman–Crippen LogP) is 2.92. The minimum atomic E-state index is 0.123. The van der Waals surface area contributed by atoms with Crippen LogP contribution in [0.15, 0.2) is 28.7 Å². The molecule has 18 heavy (non-hydrogen) atoms. The Hall–Kier alpha value is -1.61. The number of hydrogen-bond acceptors (Lipinski definition) is 3. The van der Waals surface area contributed by atoms with Crippen molar-refractivity contribution in [2.45, 2.75) is 19.8 Å². The van der Waals surface area contributed by atoms with Gasteiger partial charge in [-0.05, 0) is 50.6 Å².